The predicted octanol–water partition coefficient (Wildman–Crippen LogP) is 4.18. The molecule has 160 valence electrons. The van der Waals surface area contributed by atoms with Gasteiger partial charge in [-0.3, -0.25) is 9.78 Å². The minimum Gasteiger partial charge on any atom is -0.496 e. The molecule has 0 bridgehead atoms. The van der Waals surface area contributed by atoms with E-state index in [9.17, 15) is 9.18 Å². The number of carbonyl (C=O) groups is 1. The van der Waals surface area contributed by atoms with Crippen molar-refractivity contribution in [3.63, 3.8) is 0 Å². The molecule has 0 saturated carbocycles. The van der Waals surface area contributed by atoms with E-state index in [4.69, 9.17) is 4.74 Å². The van der Waals surface area contributed by atoms with Crippen molar-refractivity contribution in [1.82, 2.24) is 15.6 Å². The molecule has 1 aliphatic heterocycles. The molecular weight excluding hydrogens is 381 g/mol. The molecular formula is C24H30FN3O2. The number of halogens is 1. The van der Waals surface area contributed by atoms with Crippen molar-refractivity contribution in [2.45, 2.75) is 33.6 Å². The summed E-state index contributed by atoms with van der Waals surface area (Å²) >= 11 is 0. The summed E-state index contributed by atoms with van der Waals surface area (Å²) in [6.45, 7) is 7.08. The number of allylic oxidation sites excluding steroid dienone is 2. The minimum absolute atomic E-state index is 0.148. The smallest absolute Gasteiger partial charge is 0.268 e. The number of nitrogens with one attached hydrogen (secondary N) is 2. The first-order chi connectivity index (χ1) is 14.6. The first-order valence-corrected chi connectivity index (χ1v) is 10.3. The van der Waals surface area contributed by atoms with E-state index in [1.807, 2.05) is 51.1 Å². The first-order valence-electron chi connectivity index (χ1n) is 10.3. The summed E-state index contributed by atoms with van der Waals surface area (Å²) in [6.07, 6.45) is 8.14. The molecule has 0 radical (unpaired) electrons. The highest BCUT2D eigenvalue weighted by molar-refractivity contribution is 6.03. The summed E-state index contributed by atoms with van der Waals surface area (Å²) in [6, 6.07) is 7.33. The van der Waals surface area contributed by atoms with Crippen molar-refractivity contribution in [2.75, 3.05) is 20.2 Å². The van der Waals surface area contributed by atoms with Crippen LogP contribution in [0.25, 0.3) is 5.57 Å². The number of ether oxygens (including phenoxy) is 1. The Morgan fingerprint density at radius 1 is 1.27 bits per heavy atom. The number of aryl methyl sites for hydroxylation is 2. The molecule has 2 aromatic rings. The maximum absolute atomic E-state index is 13.2. The molecule has 2 N–H and O–H groups in total. The first kappa shape index (κ1) is 23.1. The Balaban J connectivity index is 0.00000155. The summed E-state index contributed by atoms with van der Waals surface area (Å²) in [4.78, 5) is 16.5. The Morgan fingerprint density at radius 3 is 2.77 bits per heavy atom. The second kappa shape index (κ2) is 11.8. The molecule has 0 spiro atoms. The van der Waals surface area contributed by atoms with E-state index in [1.54, 1.807) is 13.3 Å². The van der Waals surface area contributed by atoms with Crippen molar-refractivity contribution in [3.05, 3.63) is 77.0 Å². The predicted molar refractivity (Wildman–Crippen MR) is 119 cm³/mol. The lowest BCUT2D eigenvalue weighted by molar-refractivity contribution is -0.117. The third-order valence-electron chi connectivity index (χ3n) is 4.57. The van der Waals surface area contributed by atoms with Crippen LogP contribution in [0.2, 0.25) is 0 Å². The molecule has 30 heavy (non-hydrogen) atoms. The van der Waals surface area contributed by atoms with Crippen LogP contribution in [0.1, 0.15) is 37.0 Å². The fourth-order valence-corrected chi connectivity index (χ4v) is 3.18. The normalized spacial score (nSPS) is 12.6. The molecule has 1 aromatic carbocycles. The SMILES string of the molecule is CC.COc1ccc(C2=C(C(=O)NCCCc3cncc(F)c3)NCC=C2)cc1C. The Bertz CT molecular complexity index is 922. The van der Waals surface area contributed by atoms with Crippen LogP contribution in [-0.2, 0) is 11.2 Å². The second-order valence-electron chi connectivity index (χ2n) is 6.63. The van der Waals surface area contributed by atoms with Crippen LogP contribution in [-0.4, -0.2) is 31.1 Å². The van der Waals surface area contributed by atoms with Crippen molar-refractivity contribution in [1.29, 1.82) is 0 Å². The fraction of sp³-hybridized carbons (Fsp3) is 0.333. The third-order valence-corrected chi connectivity index (χ3v) is 4.57. The van der Waals surface area contributed by atoms with E-state index in [-0.39, 0.29) is 11.7 Å². The van der Waals surface area contributed by atoms with Gasteiger partial charge in [0.1, 0.15) is 17.3 Å². The topological polar surface area (TPSA) is 63.2 Å². The molecule has 0 aliphatic carbocycles. The molecule has 2 heterocycles. The summed E-state index contributed by atoms with van der Waals surface area (Å²) in [5.41, 5.74) is 4.19. The van der Waals surface area contributed by atoms with E-state index in [2.05, 4.69) is 15.6 Å². The van der Waals surface area contributed by atoms with E-state index in [0.717, 1.165) is 28.0 Å². The van der Waals surface area contributed by atoms with Gasteiger partial charge in [0.05, 0.1) is 13.3 Å². The Labute approximate surface area is 178 Å². The summed E-state index contributed by atoms with van der Waals surface area (Å²) in [5.74, 6) is 0.324. The van der Waals surface area contributed by atoms with Gasteiger partial charge in [-0.2, -0.15) is 0 Å². The summed E-state index contributed by atoms with van der Waals surface area (Å²) < 4.78 is 18.5. The van der Waals surface area contributed by atoms with Crippen molar-refractivity contribution in [3.8, 4) is 5.75 Å². The number of hydrogen-bond donors (Lipinski definition) is 2. The maximum Gasteiger partial charge on any atom is 0.268 e. The number of benzene rings is 1. The number of methoxy groups -OCH3 is 1. The van der Waals surface area contributed by atoms with Crippen molar-refractivity contribution < 1.29 is 13.9 Å². The molecule has 0 unspecified atom stereocenters. The van der Waals surface area contributed by atoms with Crippen LogP contribution in [0.4, 0.5) is 4.39 Å². The zero-order chi connectivity index (χ0) is 21.9. The van der Waals surface area contributed by atoms with Crippen LogP contribution >= 0.6 is 0 Å². The highest BCUT2D eigenvalue weighted by atomic mass is 19.1. The van der Waals surface area contributed by atoms with Crippen LogP contribution < -0.4 is 15.4 Å². The number of nitrogens with zero attached hydrogens (tertiary/aromatic N) is 1. The quantitative estimate of drug-likeness (QED) is 0.671. The molecule has 0 fully saturated rings. The Hall–Kier alpha value is -3.15. The van der Waals surface area contributed by atoms with Gasteiger partial charge in [0.25, 0.3) is 5.91 Å². The van der Waals surface area contributed by atoms with Gasteiger partial charge in [0, 0.05) is 24.9 Å². The highest BCUT2D eigenvalue weighted by Crippen LogP contribution is 2.26. The van der Waals surface area contributed by atoms with Crippen LogP contribution in [0.15, 0.2) is 54.5 Å². The van der Waals surface area contributed by atoms with Crippen LogP contribution in [0.5, 0.6) is 5.75 Å². The average Bonchev–Trinajstić information content (AvgIpc) is 2.78. The number of aromatic nitrogens is 1. The average molecular weight is 412 g/mol. The number of amides is 1. The highest BCUT2D eigenvalue weighted by Gasteiger charge is 2.17. The number of carbonyl (C=O) groups excluding carboxylic acids is 1. The summed E-state index contributed by atoms with van der Waals surface area (Å²) in [7, 11) is 1.64. The van der Waals surface area contributed by atoms with E-state index < -0.39 is 0 Å². The van der Waals surface area contributed by atoms with E-state index in [0.29, 0.717) is 31.6 Å². The zero-order valence-electron chi connectivity index (χ0n) is 18.1. The molecule has 0 saturated heterocycles. The van der Waals surface area contributed by atoms with Gasteiger partial charge in [0.15, 0.2) is 0 Å². The largest absolute Gasteiger partial charge is 0.496 e. The lowest BCUT2D eigenvalue weighted by atomic mass is 9.98. The zero-order valence-corrected chi connectivity index (χ0v) is 18.1. The van der Waals surface area contributed by atoms with Crippen molar-refractivity contribution in [2.24, 2.45) is 0 Å². The number of dihydropyridines is 1. The Kier molecular flexibility index (Phi) is 9.06. The number of pyridine rings is 1. The van der Waals surface area contributed by atoms with Gasteiger partial charge in [0.2, 0.25) is 0 Å². The molecule has 6 heteroatoms. The second-order valence-corrected chi connectivity index (χ2v) is 6.63. The van der Waals surface area contributed by atoms with Gasteiger partial charge in [-0.25, -0.2) is 4.39 Å². The van der Waals surface area contributed by atoms with Gasteiger partial charge in [-0.1, -0.05) is 32.1 Å². The maximum atomic E-state index is 13.2. The van der Waals surface area contributed by atoms with Gasteiger partial charge >= 0.3 is 0 Å². The lowest BCUT2D eigenvalue weighted by Crippen LogP contribution is -2.34. The van der Waals surface area contributed by atoms with E-state index in [1.165, 1.54) is 12.3 Å². The molecule has 3 rings (SSSR count). The molecule has 5 nitrogen and oxygen atoms in total. The van der Waals surface area contributed by atoms with Crippen LogP contribution in [0, 0.1) is 12.7 Å². The molecule has 1 aromatic heterocycles. The summed E-state index contributed by atoms with van der Waals surface area (Å²) in [5, 5.41) is 6.11. The Morgan fingerprint density at radius 2 is 2.07 bits per heavy atom. The standard InChI is InChI=1S/C22H24FN3O2.C2H6/c1-15-11-17(7-8-20(15)28-2)19-6-4-9-25-21(19)22(27)26-10-3-5-16-12-18(23)14-24-13-16;1-2/h4,6-8,11-14,25H,3,5,9-10H2,1-2H3,(H,26,27);1-2H3. The van der Waals surface area contributed by atoms with Crippen molar-refractivity contribution >= 4 is 11.5 Å². The molecule has 1 amide bonds. The fourth-order valence-electron chi connectivity index (χ4n) is 3.18. The van der Waals surface area contributed by atoms with Crippen LogP contribution in [0.3, 0.4) is 0 Å². The molecule has 0 atom stereocenters. The monoisotopic (exact) mass is 411 g/mol. The number of hydrogen-bond acceptors (Lipinski definition) is 4. The lowest BCUT2D eigenvalue weighted by Gasteiger charge is -2.19. The van der Waals surface area contributed by atoms with E-state index >= 15 is 0 Å². The van der Waals surface area contributed by atoms with Gasteiger partial charge in [-0.05, 0) is 54.7 Å². The molecule has 1 aliphatic rings. The minimum atomic E-state index is -0.343. The number of rotatable bonds is 7. The third kappa shape index (κ3) is 6.17. The van der Waals surface area contributed by atoms with Gasteiger partial charge < -0.3 is 15.4 Å². The van der Waals surface area contributed by atoms with Gasteiger partial charge in [-0.15, -0.1) is 0 Å².